The second kappa shape index (κ2) is 8.85. The Bertz CT molecular complexity index is 1120. The molecule has 2 heterocycles. The molecule has 0 atom stereocenters. The molecule has 31 heavy (non-hydrogen) atoms. The molecule has 1 fully saturated rings. The molecule has 10 heteroatoms. The number of aromatic nitrogens is 2. The molecule has 0 saturated carbocycles. The molecule has 0 amide bonds. The molecular formula is C21H18ClN7O2. The molecule has 0 unspecified atom stereocenters. The molecule has 9 nitrogen and oxygen atoms in total. The minimum Gasteiger partial charge on any atom is -0.368 e. The number of nitriles is 1. The topological polar surface area (TPSA) is 111 Å². The first-order valence-electron chi connectivity index (χ1n) is 9.57. The maximum Gasteiger partial charge on any atom is 0.329 e. The van der Waals surface area contributed by atoms with Crippen LogP contribution in [-0.4, -0.2) is 41.1 Å². The Hall–Kier alpha value is -3.90. The van der Waals surface area contributed by atoms with Gasteiger partial charge >= 0.3 is 5.69 Å². The Balaban J connectivity index is 1.51. The van der Waals surface area contributed by atoms with Gasteiger partial charge in [-0.2, -0.15) is 10.2 Å². The van der Waals surface area contributed by atoms with Gasteiger partial charge in [0.15, 0.2) is 0 Å². The highest BCUT2D eigenvalue weighted by Crippen LogP contribution is 2.29. The molecule has 1 aliphatic rings. The fraction of sp³-hybridized carbons (Fsp3) is 0.190. The van der Waals surface area contributed by atoms with Crippen molar-refractivity contribution < 1.29 is 4.92 Å². The highest BCUT2D eigenvalue weighted by atomic mass is 35.5. The van der Waals surface area contributed by atoms with E-state index in [1.807, 2.05) is 17.0 Å². The fourth-order valence-corrected chi connectivity index (χ4v) is 3.50. The van der Waals surface area contributed by atoms with E-state index in [1.54, 1.807) is 36.4 Å². The van der Waals surface area contributed by atoms with Crippen LogP contribution in [0.1, 0.15) is 5.56 Å². The summed E-state index contributed by atoms with van der Waals surface area (Å²) >= 11 is 5.91. The average molecular weight is 436 g/mol. The SMILES string of the molecule is N#Cc1ccc(N2CCN(c3nc(Nc4ccc(Cl)cc4)ncc3[N+](=O)[O-])CC2)cc1. The van der Waals surface area contributed by atoms with Crippen LogP contribution in [-0.2, 0) is 0 Å². The van der Waals surface area contributed by atoms with Crippen LogP contribution in [0.2, 0.25) is 5.02 Å². The van der Waals surface area contributed by atoms with Crippen LogP contribution in [0.3, 0.4) is 0 Å². The third-order valence-electron chi connectivity index (χ3n) is 4.99. The minimum absolute atomic E-state index is 0.131. The van der Waals surface area contributed by atoms with E-state index in [2.05, 4.69) is 26.3 Å². The van der Waals surface area contributed by atoms with Crippen molar-refractivity contribution in [2.75, 3.05) is 41.3 Å². The van der Waals surface area contributed by atoms with Gasteiger partial charge in [0.05, 0.1) is 16.6 Å². The lowest BCUT2D eigenvalue weighted by Gasteiger charge is -2.36. The molecule has 1 saturated heterocycles. The summed E-state index contributed by atoms with van der Waals surface area (Å²) in [5, 5.41) is 24.2. The van der Waals surface area contributed by atoms with Crippen LogP contribution in [0.5, 0.6) is 0 Å². The predicted octanol–water partition coefficient (Wildman–Crippen LogP) is 3.98. The van der Waals surface area contributed by atoms with Crippen molar-refractivity contribution >= 4 is 40.4 Å². The first-order chi connectivity index (χ1) is 15.0. The zero-order chi connectivity index (χ0) is 21.8. The number of nitrogens with zero attached hydrogens (tertiary/aromatic N) is 6. The molecule has 3 aromatic rings. The van der Waals surface area contributed by atoms with Crippen molar-refractivity contribution in [3.63, 3.8) is 0 Å². The lowest BCUT2D eigenvalue weighted by molar-refractivity contribution is -0.384. The summed E-state index contributed by atoms with van der Waals surface area (Å²) in [5.41, 5.74) is 2.23. The third kappa shape index (κ3) is 4.65. The molecule has 0 bridgehead atoms. The van der Waals surface area contributed by atoms with E-state index in [4.69, 9.17) is 16.9 Å². The maximum absolute atomic E-state index is 11.5. The van der Waals surface area contributed by atoms with E-state index in [0.29, 0.717) is 36.8 Å². The van der Waals surface area contributed by atoms with E-state index in [0.717, 1.165) is 11.4 Å². The van der Waals surface area contributed by atoms with Crippen molar-refractivity contribution in [1.82, 2.24) is 9.97 Å². The van der Waals surface area contributed by atoms with E-state index in [9.17, 15) is 10.1 Å². The average Bonchev–Trinajstić information content (AvgIpc) is 2.80. The molecule has 2 aromatic carbocycles. The van der Waals surface area contributed by atoms with Gasteiger partial charge in [0.25, 0.3) is 0 Å². The van der Waals surface area contributed by atoms with Gasteiger partial charge in [0.1, 0.15) is 6.20 Å². The van der Waals surface area contributed by atoms with Crippen LogP contribution >= 0.6 is 11.6 Å². The molecule has 1 aromatic heterocycles. The number of halogens is 1. The van der Waals surface area contributed by atoms with Gasteiger partial charge in [-0.3, -0.25) is 10.1 Å². The second-order valence-corrected chi connectivity index (χ2v) is 7.36. The summed E-state index contributed by atoms with van der Waals surface area (Å²) in [6, 6.07) is 16.5. The Kier molecular flexibility index (Phi) is 5.82. The van der Waals surface area contributed by atoms with E-state index in [-0.39, 0.29) is 17.5 Å². The molecule has 4 rings (SSSR count). The van der Waals surface area contributed by atoms with Crippen molar-refractivity contribution in [3.8, 4) is 6.07 Å². The summed E-state index contributed by atoms with van der Waals surface area (Å²) in [7, 11) is 0. The number of anilines is 4. The number of benzene rings is 2. The number of nitro groups is 1. The summed E-state index contributed by atoms with van der Waals surface area (Å²) in [6.45, 7) is 2.48. The normalized spacial score (nSPS) is 13.5. The lowest BCUT2D eigenvalue weighted by atomic mass is 10.2. The Morgan fingerprint density at radius 3 is 2.29 bits per heavy atom. The molecule has 1 aliphatic heterocycles. The molecule has 1 N–H and O–H groups in total. The van der Waals surface area contributed by atoms with E-state index >= 15 is 0 Å². The first-order valence-corrected chi connectivity index (χ1v) is 9.95. The van der Waals surface area contributed by atoms with Crippen LogP contribution in [0.4, 0.5) is 28.8 Å². The van der Waals surface area contributed by atoms with Crippen LogP contribution in [0, 0.1) is 21.4 Å². The standard InChI is InChI=1S/C21H18ClN7O2/c22-16-3-5-17(6-4-16)25-21-24-14-19(29(30)31)20(26-21)28-11-9-27(10-12-28)18-7-1-15(13-23)2-8-18/h1-8,14H,9-12H2,(H,24,25,26). The molecule has 156 valence electrons. The highest BCUT2D eigenvalue weighted by molar-refractivity contribution is 6.30. The summed E-state index contributed by atoms with van der Waals surface area (Å²) in [4.78, 5) is 23.7. The Labute approximate surface area is 183 Å². The zero-order valence-electron chi connectivity index (χ0n) is 16.4. The maximum atomic E-state index is 11.5. The Morgan fingerprint density at radius 1 is 1.03 bits per heavy atom. The first kappa shape index (κ1) is 20.4. The molecule has 0 spiro atoms. The van der Waals surface area contributed by atoms with Gasteiger partial charge in [-0.25, -0.2) is 4.98 Å². The van der Waals surface area contributed by atoms with E-state index in [1.165, 1.54) is 6.20 Å². The largest absolute Gasteiger partial charge is 0.368 e. The van der Waals surface area contributed by atoms with Gasteiger partial charge in [0.2, 0.25) is 11.8 Å². The predicted molar refractivity (Wildman–Crippen MR) is 119 cm³/mol. The van der Waals surface area contributed by atoms with Crippen molar-refractivity contribution in [2.45, 2.75) is 0 Å². The van der Waals surface area contributed by atoms with Crippen LogP contribution in [0.25, 0.3) is 0 Å². The number of nitrogens with one attached hydrogen (secondary N) is 1. The number of piperazine rings is 1. The summed E-state index contributed by atoms with van der Waals surface area (Å²) in [6.07, 6.45) is 1.23. The van der Waals surface area contributed by atoms with Crippen molar-refractivity contribution in [3.05, 3.63) is 75.4 Å². The summed E-state index contributed by atoms with van der Waals surface area (Å²) in [5.74, 6) is 0.563. The number of rotatable bonds is 5. The molecule has 0 aliphatic carbocycles. The highest BCUT2D eigenvalue weighted by Gasteiger charge is 2.26. The third-order valence-corrected chi connectivity index (χ3v) is 5.24. The van der Waals surface area contributed by atoms with Crippen molar-refractivity contribution in [2.24, 2.45) is 0 Å². The molecule has 0 radical (unpaired) electrons. The van der Waals surface area contributed by atoms with Gasteiger partial charge in [-0.15, -0.1) is 0 Å². The number of hydrogen-bond acceptors (Lipinski definition) is 8. The fourth-order valence-electron chi connectivity index (χ4n) is 3.37. The smallest absolute Gasteiger partial charge is 0.329 e. The zero-order valence-corrected chi connectivity index (χ0v) is 17.2. The van der Waals surface area contributed by atoms with Crippen LogP contribution < -0.4 is 15.1 Å². The number of hydrogen-bond donors (Lipinski definition) is 1. The van der Waals surface area contributed by atoms with Gasteiger partial charge in [0, 0.05) is 42.6 Å². The van der Waals surface area contributed by atoms with Crippen LogP contribution in [0.15, 0.2) is 54.7 Å². The van der Waals surface area contributed by atoms with Crippen molar-refractivity contribution in [1.29, 1.82) is 5.26 Å². The van der Waals surface area contributed by atoms with Gasteiger partial charge in [-0.05, 0) is 48.5 Å². The quantitative estimate of drug-likeness (QED) is 0.473. The summed E-state index contributed by atoms with van der Waals surface area (Å²) < 4.78 is 0. The van der Waals surface area contributed by atoms with E-state index < -0.39 is 4.92 Å². The van der Waals surface area contributed by atoms with Gasteiger partial charge < -0.3 is 15.1 Å². The lowest BCUT2D eigenvalue weighted by Crippen LogP contribution is -2.47. The minimum atomic E-state index is -0.464. The van der Waals surface area contributed by atoms with Gasteiger partial charge in [-0.1, -0.05) is 11.6 Å². The second-order valence-electron chi connectivity index (χ2n) is 6.92. The Morgan fingerprint density at radius 2 is 1.68 bits per heavy atom. The monoisotopic (exact) mass is 435 g/mol. The molecular weight excluding hydrogens is 418 g/mol.